The highest BCUT2D eigenvalue weighted by molar-refractivity contribution is 5.71. The molecule has 0 spiro atoms. The molecule has 0 radical (unpaired) electrons. The Balaban J connectivity index is 2.34. The average Bonchev–Trinajstić information content (AvgIpc) is 2.50. The Kier molecular flexibility index (Phi) is 5.47. The molecule has 1 heterocycles. The van der Waals surface area contributed by atoms with Crippen molar-refractivity contribution in [3.8, 4) is 17.2 Å². The zero-order chi connectivity index (χ0) is 17.7. The number of nitrogens with one attached hydrogen (secondary N) is 1. The number of aromatic amines is 1. The molecule has 24 heavy (non-hydrogen) atoms. The summed E-state index contributed by atoms with van der Waals surface area (Å²) in [7, 11) is 1.56. The monoisotopic (exact) mass is 327 g/mol. The third-order valence-corrected chi connectivity index (χ3v) is 3.45. The molecular formula is C19H21NO4. The van der Waals surface area contributed by atoms with E-state index in [-0.39, 0.29) is 17.1 Å². The Labute approximate surface area is 140 Å². The summed E-state index contributed by atoms with van der Waals surface area (Å²) < 4.78 is 5.37. The molecule has 0 aliphatic heterocycles. The summed E-state index contributed by atoms with van der Waals surface area (Å²) in [6.45, 7) is 3.99. The first-order chi connectivity index (χ1) is 11.4. The van der Waals surface area contributed by atoms with E-state index in [0.717, 1.165) is 22.8 Å². The molecule has 0 bridgehead atoms. The molecule has 0 unspecified atom stereocenters. The number of ether oxygens (including phenoxy) is 1. The van der Waals surface area contributed by atoms with Gasteiger partial charge in [-0.25, -0.2) is 0 Å². The van der Waals surface area contributed by atoms with E-state index in [1.54, 1.807) is 25.3 Å². The van der Waals surface area contributed by atoms with Gasteiger partial charge in [0, 0.05) is 23.4 Å². The Morgan fingerprint density at radius 1 is 1.17 bits per heavy atom. The van der Waals surface area contributed by atoms with Crippen molar-refractivity contribution in [1.29, 1.82) is 0 Å². The second kappa shape index (κ2) is 7.55. The van der Waals surface area contributed by atoms with Crippen LogP contribution in [0, 0.1) is 0 Å². The Morgan fingerprint density at radius 2 is 1.92 bits per heavy atom. The lowest BCUT2D eigenvalue weighted by Gasteiger charge is -2.10. The molecule has 5 heteroatoms. The first-order valence-electron chi connectivity index (χ1n) is 7.53. The Bertz CT molecular complexity index is 843. The van der Waals surface area contributed by atoms with E-state index in [1.165, 1.54) is 6.07 Å². The second-order valence-corrected chi connectivity index (χ2v) is 5.70. The lowest BCUT2D eigenvalue weighted by Crippen LogP contribution is -2.03. The molecule has 1 aromatic carbocycles. The predicted octanol–water partition coefficient (Wildman–Crippen LogP) is 3.47. The fourth-order valence-electron chi connectivity index (χ4n) is 2.27. The summed E-state index contributed by atoms with van der Waals surface area (Å²) >= 11 is 0. The summed E-state index contributed by atoms with van der Waals surface area (Å²) in [5, 5.41) is 19.7. The minimum atomic E-state index is -0.382. The average molecular weight is 327 g/mol. The maximum atomic E-state index is 11.3. The first kappa shape index (κ1) is 17.4. The molecule has 3 N–H and O–H groups in total. The summed E-state index contributed by atoms with van der Waals surface area (Å²) in [6.07, 6.45) is 5.97. The van der Waals surface area contributed by atoms with Crippen LogP contribution in [0.4, 0.5) is 0 Å². The van der Waals surface area contributed by atoms with Crippen LogP contribution in [-0.2, 0) is 6.42 Å². The van der Waals surface area contributed by atoms with Gasteiger partial charge in [-0.3, -0.25) is 4.79 Å². The zero-order valence-electron chi connectivity index (χ0n) is 14.0. The minimum Gasteiger partial charge on any atom is -0.508 e. The van der Waals surface area contributed by atoms with Gasteiger partial charge in [-0.15, -0.1) is 0 Å². The fourth-order valence-corrected chi connectivity index (χ4v) is 2.27. The summed E-state index contributed by atoms with van der Waals surface area (Å²) in [5.74, 6) is 0.642. The van der Waals surface area contributed by atoms with Crippen molar-refractivity contribution in [2.24, 2.45) is 0 Å². The molecule has 2 rings (SSSR count). The van der Waals surface area contributed by atoms with E-state index in [2.05, 4.69) is 4.98 Å². The number of hydrogen-bond donors (Lipinski definition) is 3. The van der Waals surface area contributed by atoms with Crippen molar-refractivity contribution in [3.63, 3.8) is 0 Å². The van der Waals surface area contributed by atoms with Crippen LogP contribution in [0.25, 0.3) is 12.2 Å². The van der Waals surface area contributed by atoms with E-state index in [4.69, 9.17) is 4.74 Å². The van der Waals surface area contributed by atoms with Crippen molar-refractivity contribution in [1.82, 2.24) is 4.98 Å². The molecule has 0 aliphatic rings. The highest BCUT2D eigenvalue weighted by atomic mass is 16.5. The van der Waals surface area contributed by atoms with E-state index in [1.807, 2.05) is 26.0 Å². The molecule has 0 fully saturated rings. The number of rotatable bonds is 5. The van der Waals surface area contributed by atoms with Crippen molar-refractivity contribution in [3.05, 3.63) is 63.1 Å². The third-order valence-electron chi connectivity index (χ3n) is 3.45. The van der Waals surface area contributed by atoms with Crippen LogP contribution < -0.4 is 10.3 Å². The molecule has 0 saturated heterocycles. The van der Waals surface area contributed by atoms with Gasteiger partial charge in [0.05, 0.1) is 7.11 Å². The number of phenols is 1. The summed E-state index contributed by atoms with van der Waals surface area (Å²) in [5.41, 5.74) is 2.68. The number of methoxy groups -OCH3 is 1. The normalized spacial score (nSPS) is 10.8. The number of aromatic nitrogens is 1. The lowest BCUT2D eigenvalue weighted by atomic mass is 10.0. The van der Waals surface area contributed by atoms with Crippen LogP contribution in [0.3, 0.4) is 0 Å². The molecule has 126 valence electrons. The van der Waals surface area contributed by atoms with Crippen molar-refractivity contribution < 1.29 is 14.9 Å². The van der Waals surface area contributed by atoms with Crippen molar-refractivity contribution >= 4 is 12.2 Å². The van der Waals surface area contributed by atoms with Gasteiger partial charge in [0.25, 0.3) is 5.56 Å². The highest BCUT2D eigenvalue weighted by Gasteiger charge is 2.09. The van der Waals surface area contributed by atoms with Crippen LogP contribution in [0.15, 0.2) is 40.7 Å². The molecule has 1 aromatic heterocycles. The molecular weight excluding hydrogens is 306 g/mol. The molecule has 0 atom stereocenters. The van der Waals surface area contributed by atoms with Gasteiger partial charge < -0.3 is 19.9 Å². The summed E-state index contributed by atoms with van der Waals surface area (Å²) in [4.78, 5) is 13.9. The number of H-pyrrole nitrogens is 1. The molecule has 0 aliphatic carbocycles. The number of benzene rings is 1. The van der Waals surface area contributed by atoms with Crippen LogP contribution in [0.2, 0.25) is 0 Å². The first-order valence-corrected chi connectivity index (χ1v) is 7.53. The van der Waals surface area contributed by atoms with Crippen LogP contribution in [0.1, 0.15) is 30.7 Å². The van der Waals surface area contributed by atoms with E-state index in [9.17, 15) is 15.0 Å². The van der Waals surface area contributed by atoms with E-state index in [0.29, 0.717) is 17.9 Å². The van der Waals surface area contributed by atoms with Crippen LogP contribution in [0.5, 0.6) is 17.2 Å². The number of hydrogen-bond acceptors (Lipinski definition) is 4. The maximum absolute atomic E-state index is 11.3. The van der Waals surface area contributed by atoms with Gasteiger partial charge in [-0.1, -0.05) is 17.7 Å². The zero-order valence-corrected chi connectivity index (χ0v) is 14.0. The molecule has 2 aromatic rings. The second-order valence-electron chi connectivity index (χ2n) is 5.70. The van der Waals surface area contributed by atoms with Crippen LogP contribution >= 0.6 is 0 Å². The number of allylic oxidation sites excluding steroid dienone is 2. The van der Waals surface area contributed by atoms with Gasteiger partial charge in [-0.2, -0.15) is 0 Å². The molecule has 0 saturated carbocycles. The minimum absolute atomic E-state index is 0.101. The van der Waals surface area contributed by atoms with Crippen molar-refractivity contribution in [2.45, 2.75) is 20.3 Å². The van der Waals surface area contributed by atoms with Gasteiger partial charge in [0.2, 0.25) is 0 Å². The standard InChI is InChI=1S/C19H21NO4/c1-12(2)4-7-16-17(22)8-13(9-18(16)24-3)5-6-14-10-15(21)11-19(23)20-14/h4-6,8-11,22H,7H2,1-3H3,(H2,20,21,23)/b6-5+. The predicted molar refractivity (Wildman–Crippen MR) is 95.4 cm³/mol. The number of phenolic OH excluding ortho intramolecular Hbond substituents is 1. The topological polar surface area (TPSA) is 82.5 Å². The smallest absolute Gasteiger partial charge is 0.252 e. The SMILES string of the molecule is COc1cc(/C=C/c2cc(O)cc(=O)[nH]2)cc(O)c1CC=C(C)C. The maximum Gasteiger partial charge on any atom is 0.252 e. The Morgan fingerprint density at radius 3 is 2.54 bits per heavy atom. The quantitative estimate of drug-likeness (QED) is 0.734. The number of pyridine rings is 1. The van der Waals surface area contributed by atoms with Crippen LogP contribution in [-0.4, -0.2) is 22.3 Å². The number of aromatic hydroxyl groups is 2. The lowest BCUT2D eigenvalue weighted by molar-refractivity contribution is 0.401. The summed E-state index contributed by atoms with van der Waals surface area (Å²) in [6, 6.07) is 5.99. The van der Waals surface area contributed by atoms with Gasteiger partial charge in [0.15, 0.2) is 0 Å². The Hall–Kier alpha value is -2.95. The fraction of sp³-hybridized carbons (Fsp3) is 0.211. The third kappa shape index (κ3) is 4.52. The van der Waals surface area contributed by atoms with Crippen molar-refractivity contribution in [2.75, 3.05) is 7.11 Å². The van der Waals surface area contributed by atoms with Gasteiger partial charge in [-0.05, 0) is 44.0 Å². The van der Waals surface area contributed by atoms with E-state index < -0.39 is 0 Å². The molecule has 0 amide bonds. The van der Waals surface area contributed by atoms with E-state index >= 15 is 0 Å². The molecule has 5 nitrogen and oxygen atoms in total. The van der Waals surface area contributed by atoms with Gasteiger partial charge in [0.1, 0.15) is 17.2 Å². The van der Waals surface area contributed by atoms with Gasteiger partial charge >= 0.3 is 0 Å². The highest BCUT2D eigenvalue weighted by Crippen LogP contribution is 2.31. The largest absolute Gasteiger partial charge is 0.508 e.